The molecule has 0 radical (unpaired) electrons. The number of carbonyl (C=O) groups is 2. The Morgan fingerprint density at radius 3 is 2.68 bits per heavy atom. The normalized spacial score (nSPS) is 19.3. The third kappa shape index (κ3) is 2.89. The van der Waals surface area contributed by atoms with Crippen LogP contribution >= 0.6 is 0 Å². The fraction of sp³-hybridized carbons (Fsp3) is 0.105. The van der Waals surface area contributed by atoms with Crippen LogP contribution in [0.3, 0.4) is 0 Å². The van der Waals surface area contributed by atoms with Crippen LogP contribution in [0.5, 0.6) is 0 Å². The van der Waals surface area contributed by atoms with Crippen LogP contribution in [-0.2, 0) is 9.53 Å². The zero-order valence-electron chi connectivity index (χ0n) is 13.2. The van der Waals surface area contributed by atoms with Crippen molar-refractivity contribution in [3.8, 4) is 0 Å². The number of amides is 2. The minimum Gasteiger partial charge on any atom is -0.439 e. The number of alkyl carbamates (subject to hydrolysis) is 1. The van der Waals surface area contributed by atoms with Crippen molar-refractivity contribution in [2.24, 2.45) is 0 Å². The fourth-order valence-electron chi connectivity index (χ4n) is 2.94. The second kappa shape index (κ2) is 6.24. The zero-order chi connectivity index (χ0) is 17.2. The van der Waals surface area contributed by atoms with Gasteiger partial charge in [0, 0.05) is 11.6 Å². The van der Waals surface area contributed by atoms with Crippen molar-refractivity contribution in [2.75, 3.05) is 5.32 Å². The smallest absolute Gasteiger partial charge is 0.408 e. The van der Waals surface area contributed by atoms with Gasteiger partial charge in [-0.05, 0) is 17.7 Å². The van der Waals surface area contributed by atoms with Gasteiger partial charge in [0.1, 0.15) is 0 Å². The Hall–Kier alpha value is -3.41. The first-order valence-corrected chi connectivity index (χ1v) is 7.89. The van der Waals surface area contributed by atoms with Crippen molar-refractivity contribution in [1.29, 1.82) is 0 Å². The van der Waals surface area contributed by atoms with Gasteiger partial charge < -0.3 is 15.4 Å². The lowest BCUT2D eigenvalue weighted by Gasteiger charge is -2.17. The maximum atomic E-state index is 12.8. The highest BCUT2D eigenvalue weighted by Gasteiger charge is 2.40. The number of rotatable bonds is 3. The predicted octanol–water partition coefficient (Wildman–Crippen LogP) is 3.02. The van der Waals surface area contributed by atoms with Crippen molar-refractivity contribution in [2.45, 2.75) is 12.1 Å². The highest BCUT2D eigenvalue weighted by Crippen LogP contribution is 2.28. The Balaban J connectivity index is 1.62. The first-order chi connectivity index (χ1) is 12.2. The van der Waals surface area contributed by atoms with E-state index in [4.69, 9.17) is 4.74 Å². The summed E-state index contributed by atoms with van der Waals surface area (Å²) in [5, 5.41) is 6.35. The Bertz CT molecular complexity index is 938. The molecule has 0 bridgehead atoms. The largest absolute Gasteiger partial charge is 0.439 e. The van der Waals surface area contributed by atoms with Gasteiger partial charge in [0.15, 0.2) is 12.1 Å². The molecule has 2 unspecified atom stereocenters. The van der Waals surface area contributed by atoms with Crippen molar-refractivity contribution in [1.82, 2.24) is 10.3 Å². The maximum absolute atomic E-state index is 12.8. The maximum Gasteiger partial charge on any atom is 0.408 e. The van der Waals surface area contributed by atoms with Crippen LogP contribution in [0.1, 0.15) is 11.7 Å². The number of carbonyl (C=O) groups excluding carboxylic acids is 2. The SMILES string of the molecule is O=C1NC(C(=O)Nc2cccc3cccnc23)C(c2ccccc2)O1. The van der Waals surface area contributed by atoms with Gasteiger partial charge in [0.05, 0.1) is 11.2 Å². The first kappa shape index (κ1) is 15.1. The van der Waals surface area contributed by atoms with Crippen LogP contribution < -0.4 is 10.6 Å². The van der Waals surface area contributed by atoms with E-state index in [1.54, 1.807) is 12.3 Å². The first-order valence-electron chi connectivity index (χ1n) is 7.89. The Morgan fingerprint density at radius 2 is 1.84 bits per heavy atom. The molecule has 1 aromatic heterocycles. The Labute approximate surface area is 143 Å². The van der Waals surface area contributed by atoms with Gasteiger partial charge >= 0.3 is 6.09 Å². The number of ether oxygens (including phenoxy) is 1. The average Bonchev–Trinajstić information content (AvgIpc) is 3.05. The monoisotopic (exact) mass is 333 g/mol. The van der Waals surface area contributed by atoms with Crippen LogP contribution in [0.4, 0.5) is 10.5 Å². The van der Waals surface area contributed by atoms with E-state index in [0.29, 0.717) is 11.2 Å². The number of para-hydroxylation sites is 1. The second-order valence-corrected chi connectivity index (χ2v) is 5.73. The summed E-state index contributed by atoms with van der Waals surface area (Å²) in [5.41, 5.74) is 2.05. The number of anilines is 1. The second-order valence-electron chi connectivity index (χ2n) is 5.73. The van der Waals surface area contributed by atoms with E-state index < -0.39 is 18.2 Å². The highest BCUT2D eigenvalue weighted by atomic mass is 16.6. The minimum absolute atomic E-state index is 0.349. The summed E-state index contributed by atoms with van der Waals surface area (Å²) >= 11 is 0. The molecular weight excluding hydrogens is 318 g/mol. The Kier molecular flexibility index (Phi) is 3.78. The van der Waals surface area contributed by atoms with E-state index in [1.165, 1.54) is 0 Å². The van der Waals surface area contributed by atoms with Gasteiger partial charge in [-0.2, -0.15) is 0 Å². The number of hydrogen-bond acceptors (Lipinski definition) is 4. The van der Waals surface area contributed by atoms with E-state index in [0.717, 1.165) is 10.9 Å². The number of fused-ring (bicyclic) bond motifs is 1. The van der Waals surface area contributed by atoms with E-state index >= 15 is 0 Å². The molecule has 3 aromatic rings. The van der Waals surface area contributed by atoms with Crippen LogP contribution in [-0.4, -0.2) is 23.0 Å². The quantitative estimate of drug-likeness (QED) is 0.772. The van der Waals surface area contributed by atoms with Gasteiger partial charge in [0.25, 0.3) is 5.91 Å². The number of nitrogens with one attached hydrogen (secondary N) is 2. The lowest BCUT2D eigenvalue weighted by Crippen LogP contribution is -2.40. The molecule has 6 heteroatoms. The van der Waals surface area contributed by atoms with Gasteiger partial charge in [0.2, 0.25) is 0 Å². The fourth-order valence-corrected chi connectivity index (χ4v) is 2.94. The van der Waals surface area contributed by atoms with E-state index in [9.17, 15) is 9.59 Å². The van der Waals surface area contributed by atoms with E-state index in [2.05, 4.69) is 15.6 Å². The summed E-state index contributed by atoms with van der Waals surface area (Å²) in [6.45, 7) is 0. The molecule has 1 saturated heterocycles. The molecule has 2 heterocycles. The van der Waals surface area contributed by atoms with Crippen molar-refractivity contribution in [3.63, 3.8) is 0 Å². The van der Waals surface area contributed by atoms with Gasteiger partial charge in [-0.3, -0.25) is 9.78 Å². The molecule has 25 heavy (non-hydrogen) atoms. The van der Waals surface area contributed by atoms with Crippen molar-refractivity contribution >= 4 is 28.6 Å². The predicted molar refractivity (Wildman–Crippen MR) is 93.0 cm³/mol. The van der Waals surface area contributed by atoms with Crippen LogP contribution in [0.15, 0.2) is 66.9 Å². The highest BCUT2D eigenvalue weighted by molar-refractivity contribution is 6.04. The van der Waals surface area contributed by atoms with Crippen molar-refractivity contribution < 1.29 is 14.3 Å². The molecule has 0 aliphatic carbocycles. The summed E-state index contributed by atoms with van der Waals surface area (Å²) in [5.74, 6) is -0.349. The molecule has 2 N–H and O–H groups in total. The van der Waals surface area contributed by atoms with Gasteiger partial charge in [-0.15, -0.1) is 0 Å². The molecular formula is C19H15N3O3. The topological polar surface area (TPSA) is 80.3 Å². The molecule has 124 valence electrons. The summed E-state index contributed by atoms with van der Waals surface area (Å²) in [7, 11) is 0. The number of benzene rings is 2. The number of nitrogens with zero attached hydrogens (tertiary/aromatic N) is 1. The molecule has 0 spiro atoms. The molecule has 2 amide bonds. The number of cyclic esters (lactones) is 1. The Morgan fingerprint density at radius 1 is 1.04 bits per heavy atom. The molecule has 4 rings (SSSR count). The molecule has 2 aromatic carbocycles. The number of aromatic nitrogens is 1. The standard InChI is InChI=1S/C19H15N3O3/c23-18(21-14-10-4-8-12-9-5-11-20-15(12)14)16-17(25-19(24)22-16)13-6-2-1-3-7-13/h1-11,16-17H,(H,21,23)(H,22,24). The molecule has 1 aliphatic rings. The summed E-state index contributed by atoms with van der Waals surface area (Å²) in [6.07, 6.45) is 0.396. The lowest BCUT2D eigenvalue weighted by molar-refractivity contribution is -0.119. The van der Waals surface area contributed by atoms with Gasteiger partial charge in [-0.25, -0.2) is 4.79 Å². The third-order valence-electron chi connectivity index (χ3n) is 4.11. The van der Waals surface area contributed by atoms with E-state index in [1.807, 2.05) is 54.6 Å². The third-order valence-corrected chi connectivity index (χ3v) is 4.11. The van der Waals surface area contributed by atoms with Gasteiger partial charge in [-0.1, -0.05) is 48.5 Å². The molecule has 1 aliphatic heterocycles. The molecule has 0 saturated carbocycles. The van der Waals surface area contributed by atoms with Crippen LogP contribution in [0.25, 0.3) is 10.9 Å². The van der Waals surface area contributed by atoms with Crippen molar-refractivity contribution in [3.05, 3.63) is 72.4 Å². The number of pyridine rings is 1. The van der Waals surface area contributed by atoms with Crippen LogP contribution in [0, 0.1) is 0 Å². The minimum atomic E-state index is -0.811. The summed E-state index contributed by atoms with van der Waals surface area (Å²) < 4.78 is 5.28. The summed E-state index contributed by atoms with van der Waals surface area (Å²) in [4.78, 5) is 28.8. The molecule has 6 nitrogen and oxygen atoms in total. The van der Waals surface area contributed by atoms with E-state index in [-0.39, 0.29) is 5.91 Å². The molecule has 1 fully saturated rings. The summed E-state index contributed by atoms with van der Waals surface area (Å²) in [6, 6.07) is 17.7. The zero-order valence-corrected chi connectivity index (χ0v) is 13.2. The lowest BCUT2D eigenvalue weighted by atomic mass is 10.0. The van der Waals surface area contributed by atoms with Crippen LogP contribution in [0.2, 0.25) is 0 Å². The molecule has 2 atom stereocenters. The number of hydrogen-bond donors (Lipinski definition) is 2. The average molecular weight is 333 g/mol.